The molecule has 8 nitrogen and oxygen atoms in total. The van der Waals surface area contributed by atoms with Crippen molar-refractivity contribution in [3.05, 3.63) is 97.1 Å². The summed E-state index contributed by atoms with van der Waals surface area (Å²) in [6.07, 6.45) is 6.96. The van der Waals surface area contributed by atoms with Crippen LogP contribution in [-0.2, 0) is 19.4 Å². The first-order chi connectivity index (χ1) is 26.5. The number of benzene rings is 4. The van der Waals surface area contributed by atoms with Crippen molar-refractivity contribution in [3.8, 4) is 22.3 Å². The number of anilines is 2. The topological polar surface area (TPSA) is 98.8 Å². The minimum Gasteiger partial charge on any atom is -0.355 e. The second kappa shape index (κ2) is 18.9. The molecule has 6 rings (SSSR count). The van der Waals surface area contributed by atoms with E-state index in [1.54, 1.807) is 48.5 Å². The number of thiocarbonyl (C=S) groups is 2. The molecule has 2 aliphatic rings. The lowest BCUT2D eigenvalue weighted by atomic mass is 10.1. The Kier molecular flexibility index (Phi) is 14.1. The van der Waals surface area contributed by atoms with E-state index >= 15 is 0 Å². The van der Waals surface area contributed by atoms with Crippen LogP contribution < -0.4 is 10.6 Å². The van der Waals surface area contributed by atoms with Gasteiger partial charge in [0.25, 0.3) is 0 Å². The number of carbonyl (C=O) groups excluding carboxylic acids is 2. The fraction of sp³-hybridized carbons (Fsp3) is 0.333. The molecular formula is C42H46N4O4S5. The van der Waals surface area contributed by atoms with Crippen molar-refractivity contribution in [2.75, 3.05) is 35.2 Å². The average molecular weight is 831 g/mol. The highest BCUT2D eigenvalue weighted by Gasteiger charge is 2.23. The summed E-state index contributed by atoms with van der Waals surface area (Å²) in [5, 5.41) is 5.88. The van der Waals surface area contributed by atoms with Crippen LogP contribution in [0.25, 0.3) is 22.3 Å². The van der Waals surface area contributed by atoms with Gasteiger partial charge in [0, 0.05) is 36.5 Å². The quantitative estimate of drug-likeness (QED) is 0.151. The zero-order valence-electron chi connectivity index (χ0n) is 31.0. The third-order valence-corrected chi connectivity index (χ3v) is 14.8. The summed E-state index contributed by atoms with van der Waals surface area (Å²) in [5.74, 6) is 0.288. The van der Waals surface area contributed by atoms with Crippen LogP contribution in [0, 0.1) is 0 Å². The molecule has 0 aromatic heterocycles. The molecule has 0 saturated carbocycles. The van der Waals surface area contributed by atoms with Crippen molar-refractivity contribution in [1.29, 1.82) is 0 Å². The van der Waals surface area contributed by atoms with Gasteiger partial charge in [0.15, 0.2) is 0 Å². The molecule has 0 bridgehead atoms. The monoisotopic (exact) mass is 830 g/mol. The van der Waals surface area contributed by atoms with Crippen LogP contribution in [0.15, 0.2) is 107 Å². The molecule has 2 heterocycles. The summed E-state index contributed by atoms with van der Waals surface area (Å²) in [6, 6.07) is 29.4. The Labute approximate surface area is 344 Å². The van der Waals surface area contributed by atoms with Gasteiger partial charge in [0.2, 0.25) is 21.7 Å². The Balaban J connectivity index is 0.989. The van der Waals surface area contributed by atoms with Crippen LogP contribution in [0.2, 0.25) is 0 Å². The van der Waals surface area contributed by atoms with E-state index in [1.807, 2.05) is 48.5 Å². The highest BCUT2D eigenvalue weighted by Crippen LogP contribution is 2.29. The third kappa shape index (κ3) is 10.8. The standard InChI is InChI=1S/C42H46N4O4S5/c1-29-7-3-5-25-45(29)41(51)53-27-39(47)43-35-17-9-31(10-18-35)33-13-21-37(22-14-33)55(49,50)38-23-15-34(16-24-38)32-11-19-36(20-12-32)44-40(48)28-54-42(52)46-26-6-4-8-30(46)2/h9-24,29-30H,3-8,25-28H2,1-2H3,(H,43,47)(H,44,48). The summed E-state index contributed by atoms with van der Waals surface area (Å²) in [6.45, 7) is 6.26. The Hall–Kier alpha value is -3.75. The van der Waals surface area contributed by atoms with Crippen molar-refractivity contribution in [1.82, 2.24) is 9.80 Å². The second-order valence-electron chi connectivity index (χ2n) is 14.0. The maximum atomic E-state index is 13.5. The largest absolute Gasteiger partial charge is 0.355 e. The second-order valence-corrected chi connectivity index (χ2v) is 19.2. The summed E-state index contributed by atoms with van der Waals surface area (Å²) in [7, 11) is -3.74. The molecule has 0 radical (unpaired) electrons. The zero-order valence-corrected chi connectivity index (χ0v) is 35.1. The number of nitrogens with one attached hydrogen (secondary N) is 2. The number of nitrogens with zero attached hydrogens (tertiary/aromatic N) is 2. The first-order valence-corrected chi connectivity index (χ1v) is 22.9. The van der Waals surface area contributed by atoms with Crippen LogP contribution in [0.1, 0.15) is 52.4 Å². The number of carbonyl (C=O) groups is 2. The molecule has 0 spiro atoms. The number of likely N-dealkylation sites (tertiary alicyclic amines) is 2. The van der Waals surface area contributed by atoms with Gasteiger partial charge in [-0.05, 0) is 123 Å². The van der Waals surface area contributed by atoms with Crippen LogP contribution in [0.3, 0.4) is 0 Å². The lowest BCUT2D eigenvalue weighted by molar-refractivity contribution is -0.114. The Morgan fingerprint density at radius 3 is 1.24 bits per heavy atom. The van der Waals surface area contributed by atoms with Gasteiger partial charge < -0.3 is 20.4 Å². The fourth-order valence-corrected chi connectivity index (χ4v) is 10.5. The lowest BCUT2D eigenvalue weighted by Crippen LogP contribution is -2.40. The first kappa shape index (κ1) is 40.9. The minimum absolute atomic E-state index is 0.111. The SMILES string of the molecule is CC1CCCCN1C(=S)SCC(=O)Nc1ccc(-c2ccc(S(=O)(=O)c3ccc(-c4ccc(NC(=O)CSC(=S)N5CCCCC5C)cc4)cc3)cc2)cc1. The van der Waals surface area contributed by atoms with Gasteiger partial charge in [-0.3, -0.25) is 9.59 Å². The van der Waals surface area contributed by atoms with E-state index in [0.717, 1.165) is 69.7 Å². The number of amides is 2. The fourth-order valence-electron chi connectivity index (χ4n) is 6.83. The zero-order chi connectivity index (χ0) is 39.0. The van der Waals surface area contributed by atoms with Gasteiger partial charge in [-0.1, -0.05) is 96.5 Å². The molecule has 2 amide bonds. The number of hydrogen-bond donors (Lipinski definition) is 2. The molecule has 13 heteroatoms. The van der Waals surface area contributed by atoms with Crippen molar-refractivity contribution in [3.63, 3.8) is 0 Å². The van der Waals surface area contributed by atoms with E-state index in [4.69, 9.17) is 24.4 Å². The molecule has 2 N–H and O–H groups in total. The third-order valence-electron chi connectivity index (χ3n) is 10.1. The van der Waals surface area contributed by atoms with Crippen LogP contribution >= 0.6 is 48.0 Å². The predicted octanol–water partition coefficient (Wildman–Crippen LogP) is 9.52. The summed E-state index contributed by atoms with van der Waals surface area (Å²) < 4.78 is 28.6. The molecule has 2 unspecified atom stereocenters. The van der Waals surface area contributed by atoms with Crippen molar-refractivity contribution >= 4 is 89.6 Å². The van der Waals surface area contributed by atoms with Gasteiger partial charge in [-0.15, -0.1) is 0 Å². The summed E-state index contributed by atoms with van der Waals surface area (Å²) in [4.78, 5) is 30.1. The molecule has 55 heavy (non-hydrogen) atoms. The van der Waals surface area contributed by atoms with E-state index in [1.165, 1.54) is 36.4 Å². The molecule has 0 aliphatic carbocycles. The van der Waals surface area contributed by atoms with E-state index < -0.39 is 9.84 Å². The van der Waals surface area contributed by atoms with Gasteiger partial charge in [-0.25, -0.2) is 8.42 Å². The molecule has 4 aromatic carbocycles. The molecule has 2 saturated heterocycles. The molecule has 2 atom stereocenters. The summed E-state index contributed by atoms with van der Waals surface area (Å²) >= 11 is 14.0. The highest BCUT2D eigenvalue weighted by molar-refractivity contribution is 8.23. The number of thioether (sulfide) groups is 2. The van der Waals surface area contributed by atoms with Gasteiger partial charge in [0.05, 0.1) is 21.3 Å². The van der Waals surface area contributed by atoms with E-state index in [0.29, 0.717) is 23.5 Å². The van der Waals surface area contributed by atoms with Crippen molar-refractivity contribution in [2.24, 2.45) is 0 Å². The molecule has 2 fully saturated rings. The van der Waals surface area contributed by atoms with Crippen molar-refractivity contribution in [2.45, 2.75) is 74.2 Å². The Morgan fingerprint density at radius 1 is 0.582 bits per heavy atom. The van der Waals surface area contributed by atoms with Gasteiger partial charge in [-0.2, -0.15) is 0 Å². The molecule has 288 valence electrons. The Morgan fingerprint density at radius 2 is 0.909 bits per heavy atom. The summed E-state index contributed by atoms with van der Waals surface area (Å²) in [5.41, 5.74) is 4.89. The highest BCUT2D eigenvalue weighted by atomic mass is 32.2. The van der Waals surface area contributed by atoms with Crippen molar-refractivity contribution < 1.29 is 18.0 Å². The molecule has 4 aromatic rings. The maximum Gasteiger partial charge on any atom is 0.234 e. The predicted molar refractivity (Wildman–Crippen MR) is 237 cm³/mol. The maximum absolute atomic E-state index is 13.5. The number of piperidine rings is 2. The van der Waals surface area contributed by atoms with Gasteiger partial charge >= 0.3 is 0 Å². The van der Waals surface area contributed by atoms with E-state index in [2.05, 4.69) is 34.3 Å². The normalized spacial score (nSPS) is 17.3. The van der Waals surface area contributed by atoms with Crippen LogP contribution in [0.5, 0.6) is 0 Å². The lowest BCUT2D eigenvalue weighted by Gasteiger charge is -2.35. The van der Waals surface area contributed by atoms with E-state index in [-0.39, 0.29) is 33.1 Å². The number of rotatable bonds is 10. The Bertz CT molecular complexity index is 1950. The van der Waals surface area contributed by atoms with E-state index in [9.17, 15) is 18.0 Å². The first-order valence-electron chi connectivity index (χ1n) is 18.6. The number of hydrogen-bond acceptors (Lipinski definition) is 8. The van der Waals surface area contributed by atoms with Gasteiger partial charge in [0.1, 0.15) is 8.64 Å². The average Bonchev–Trinajstić information content (AvgIpc) is 3.20. The minimum atomic E-state index is -3.74. The number of sulfone groups is 1. The van der Waals surface area contributed by atoms with Crippen LogP contribution in [-0.4, -0.2) is 75.4 Å². The molecular weight excluding hydrogens is 785 g/mol. The van der Waals surface area contributed by atoms with Crippen LogP contribution in [0.4, 0.5) is 11.4 Å². The smallest absolute Gasteiger partial charge is 0.234 e. The molecule has 2 aliphatic heterocycles.